The maximum absolute atomic E-state index is 12.3. The predicted octanol–water partition coefficient (Wildman–Crippen LogP) is 2.34. The first-order valence-electron chi connectivity index (χ1n) is 6.31. The number of nitrogens with one attached hydrogen (secondary N) is 1. The van der Waals surface area contributed by atoms with Crippen LogP contribution in [0, 0.1) is 13.8 Å². The van der Waals surface area contributed by atoms with Gasteiger partial charge < -0.3 is 0 Å². The number of nitrogens with zero attached hydrogens (tertiary/aromatic N) is 2. The molecule has 1 amide bonds. The van der Waals surface area contributed by atoms with Gasteiger partial charge in [0, 0.05) is 11.3 Å². The third-order valence-electron chi connectivity index (χ3n) is 3.09. The Kier molecular flexibility index (Phi) is 3.99. The number of hydrogen-bond acceptors (Lipinski definition) is 4. The maximum Gasteiger partial charge on any atom is 0.281 e. The number of unbranched alkanes of at least 4 members (excludes halogenated alkanes) is 1. The van der Waals surface area contributed by atoms with Gasteiger partial charge in [-0.05, 0) is 25.8 Å². The van der Waals surface area contributed by atoms with Crippen molar-refractivity contribution >= 4 is 27.5 Å². The molecule has 2 aromatic heterocycles. The zero-order valence-electron chi connectivity index (χ0n) is 11.3. The number of aryl methyl sites for hydroxylation is 2. The smallest absolute Gasteiger partial charge is 0.273 e. The van der Waals surface area contributed by atoms with Crippen molar-refractivity contribution in [2.45, 2.75) is 40.0 Å². The fourth-order valence-corrected chi connectivity index (χ4v) is 2.83. The van der Waals surface area contributed by atoms with E-state index >= 15 is 0 Å². The molecule has 2 aromatic rings. The van der Waals surface area contributed by atoms with E-state index in [0.717, 1.165) is 28.1 Å². The Bertz CT molecular complexity index is 672. The maximum atomic E-state index is 12.3. The van der Waals surface area contributed by atoms with Gasteiger partial charge in [-0.25, -0.2) is 9.66 Å². The summed E-state index contributed by atoms with van der Waals surface area (Å²) in [5.41, 5.74) is 3.31. The van der Waals surface area contributed by atoms with Crippen LogP contribution in [-0.2, 0) is 4.79 Å². The molecule has 0 fully saturated rings. The minimum atomic E-state index is -0.211. The summed E-state index contributed by atoms with van der Waals surface area (Å²) in [6.07, 6.45) is 3.56. The predicted molar refractivity (Wildman–Crippen MR) is 77.2 cm³/mol. The molecule has 2 heterocycles. The quantitative estimate of drug-likeness (QED) is 0.934. The number of aromatic nitrogens is 2. The first-order valence-corrected chi connectivity index (χ1v) is 7.13. The van der Waals surface area contributed by atoms with E-state index in [1.54, 1.807) is 0 Å². The fraction of sp³-hybridized carbons (Fsp3) is 0.462. The van der Waals surface area contributed by atoms with Crippen LogP contribution in [-0.4, -0.2) is 15.6 Å². The fourth-order valence-electron chi connectivity index (χ4n) is 1.84. The molecule has 6 heteroatoms. The zero-order valence-corrected chi connectivity index (χ0v) is 12.1. The van der Waals surface area contributed by atoms with Crippen LogP contribution >= 0.6 is 11.3 Å². The van der Waals surface area contributed by atoms with E-state index < -0.39 is 0 Å². The van der Waals surface area contributed by atoms with Crippen LogP contribution in [0.2, 0.25) is 0 Å². The summed E-state index contributed by atoms with van der Waals surface area (Å²) < 4.78 is 1.18. The van der Waals surface area contributed by atoms with Gasteiger partial charge >= 0.3 is 0 Å². The Labute approximate surface area is 115 Å². The van der Waals surface area contributed by atoms with Crippen molar-refractivity contribution in [3.63, 3.8) is 0 Å². The van der Waals surface area contributed by atoms with Crippen LogP contribution in [0.4, 0.5) is 0 Å². The molecule has 0 bridgehead atoms. The number of thiophene rings is 1. The Hall–Kier alpha value is -1.69. The van der Waals surface area contributed by atoms with Crippen molar-refractivity contribution < 1.29 is 4.79 Å². The molecule has 0 aliphatic rings. The van der Waals surface area contributed by atoms with E-state index in [1.165, 1.54) is 22.3 Å². The van der Waals surface area contributed by atoms with E-state index in [9.17, 15) is 9.59 Å². The molecule has 0 aromatic carbocycles. The number of amides is 1. The van der Waals surface area contributed by atoms with Gasteiger partial charge in [0.15, 0.2) is 0 Å². The lowest BCUT2D eigenvalue weighted by atomic mass is 10.2. The number of hydrogen-bond donors (Lipinski definition) is 1. The molecule has 0 aliphatic heterocycles. The Morgan fingerprint density at radius 2 is 2.21 bits per heavy atom. The molecule has 0 saturated carbocycles. The van der Waals surface area contributed by atoms with Gasteiger partial charge in [-0.1, -0.05) is 13.3 Å². The van der Waals surface area contributed by atoms with Crippen molar-refractivity contribution in [1.82, 2.24) is 9.66 Å². The molecule has 19 heavy (non-hydrogen) atoms. The van der Waals surface area contributed by atoms with Crippen molar-refractivity contribution in [1.29, 1.82) is 0 Å². The molecule has 0 atom stereocenters. The molecule has 0 radical (unpaired) electrons. The number of fused-ring (bicyclic) bond motifs is 1. The topological polar surface area (TPSA) is 64.0 Å². The lowest BCUT2D eigenvalue weighted by Gasteiger charge is -2.07. The van der Waals surface area contributed by atoms with Gasteiger partial charge in [-0.2, -0.15) is 0 Å². The minimum absolute atomic E-state index is 0.158. The van der Waals surface area contributed by atoms with Crippen molar-refractivity contribution in [3.05, 3.63) is 27.1 Å². The second kappa shape index (κ2) is 5.52. The molecular weight excluding hydrogens is 262 g/mol. The van der Waals surface area contributed by atoms with Crippen molar-refractivity contribution in [2.24, 2.45) is 0 Å². The van der Waals surface area contributed by atoms with E-state index in [2.05, 4.69) is 10.4 Å². The van der Waals surface area contributed by atoms with Gasteiger partial charge in [-0.3, -0.25) is 15.0 Å². The highest BCUT2D eigenvalue weighted by Crippen LogP contribution is 2.25. The molecule has 0 aliphatic carbocycles. The van der Waals surface area contributed by atoms with Crippen LogP contribution in [0.15, 0.2) is 11.1 Å². The van der Waals surface area contributed by atoms with Crippen LogP contribution in [0.25, 0.3) is 10.2 Å². The third kappa shape index (κ3) is 2.68. The van der Waals surface area contributed by atoms with Crippen LogP contribution in [0.3, 0.4) is 0 Å². The number of rotatable bonds is 4. The van der Waals surface area contributed by atoms with Gasteiger partial charge in [0.25, 0.3) is 5.56 Å². The summed E-state index contributed by atoms with van der Waals surface area (Å²) >= 11 is 1.50. The highest BCUT2D eigenvalue weighted by Gasteiger charge is 2.12. The molecule has 1 N–H and O–H groups in total. The van der Waals surface area contributed by atoms with Crippen molar-refractivity contribution in [3.8, 4) is 0 Å². The zero-order chi connectivity index (χ0) is 14.0. The van der Waals surface area contributed by atoms with Gasteiger partial charge in [0.05, 0.1) is 5.39 Å². The van der Waals surface area contributed by atoms with Gasteiger partial charge in [0.1, 0.15) is 11.2 Å². The molecule has 5 nitrogen and oxygen atoms in total. The summed E-state index contributed by atoms with van der Waals surface area (Å²) in [5.74, 6) is -0.158. The second-order valence-electron chi connectivity index (χ2n) is 4.52. The molecular formula is C13H17N3O2S. The first kappa shape index (κ1) is 13.7. The highest BCUT2D eigenvalue weighted by molar-refractivity contribution is 7.18. The first-order chi connectivity index (χ1) is 9.04. The van der Waals surface area contributed by atoms with E-state index in [-0.39, 0.29) is 11.5 Å². The lowest BCUT2D eigenvalue weighted by Crippen LogP contribution is -2.33. The second-order valence-corrected chi connectivity index (χ2v) is 5.72. The van der Waals surface area contributed by atoms with Gasteiger partial charge in [-0.15, -0.1) is 11.3 Å². The largest absolute Gasteiger partial charge is 0.281 e. The van der Waals surface area contributed by atoms with Crippen LogP contribution in [0.1, 0.15) is 36.6 Å². The van der Waals surface area contributed by atoms with E-state index in [1.807, 2.05) is 20.8 Å². The van der Waals surface area contributed by atoms with Crippen molar-refractivity contribution in [2.75, 3.05) is 5.43 Å². The molecule has 0 spiro atoms. The summed E-state index contributed by atoms with van der Waals surface area (Å²) in [4.78, 5) is 30.0. The normalized spacial score (nSPS) is 10.9. The Morgan fingerprint density at radius 3 is 2.89 bits per heavy atom. The summed E-state index contributed by atoms with van der Waals surface area (Å²) in [6, 6.07) is 0. The third-order valence-corrected chi connectivity index (χ3v) is 4.21. The molecule has 2 rings (SSSR count). The number of carbonyl (C=O) groups excluding carboxylic acids is 1. The average Bonchev–Trinajstić information content (AvgIpc) is 2.67. The lowest BCUT2D eigenvalue weighted by molar-refractivity contribution is -0.117. The Morgan fingerprint density at radius 1 is 1.47 bits per heavy atom. The minimum Gasteiger partial charge on any atom is -0.273 e. The average molecular weight is 279 g/mol. The summed E-state index contributed by atoms with van der Waals surface area (Å²) in [5, 5.41) is 0.598. The SMILES string of the molecule is CCCCC(=O)Nn1cnc2sc(C)c(C)c2c1=O. The molecule has 0 saturated heterocycles. The van der Waals surface area contributed by atoms with Gasteiger partial charge in [0.2, 0.25) is 5.91 Å². The standard InChI is InChI=1S/C13H17N3O2S/c1-4-5-6-10(17)15-16-7-14-12-11(13(16)18)8(2)9(3)19-12/h7H,4-6H2,1-3H3,(H,15,17). The Balaban J connectivity index is 2.35. The van der Waals surface area contributed by atoms with Crippen LogP contribution in [0.5, 0.6) is 0 Å². The van der Waals surface area contributed by atoms with E-state index in [0.29, 0.717) is 11.8 Å². The number of carbonyl (C=O) groups is 1. The summed E-state index contributed by atoms with van der Waals surface area (Å²) in [7, 11) is 0. The monoisotopic (exact) mass is 279 g/mol. The highest BCUT2D eigenvalue weighted by atomic mass is 32.1. The van der Waals surface area contributed by atoms with E-state index in [4.69, 9.17) is 0 Å². The van der Waals surface area contributed by atoms with Crippen LogP contribution < -0.4 is 11.0 Å². The molecule has 102 valence electrons. The summed E-state index contributed by atoms with van der Waals surface area (Å²) in [6.45, 7) is 5.89. The molecule has 0 unspecified atom stereocenters.